The molecule has 1 aliphatic rings. The molecule has 1 unspecified atom stereocenters. The van der Waals surface area contributed by atoms with Crippen molar-refractivity contribution in [2.45, 2.75) is 25.1 Å². The Morgan fingerprint density at radius 3 is 2.64 bits per heavy atom. The normalized spacial score (nSPS) is 20.8. The summed E-state index contributed by atoms with van der Waals surface area (Å²) < 4.78 is 37.9. The van der Waals surface area contributed by atoms with E-state index in [9.17, 15) is 18.0 Å². The molecule has 0 heterocycles. The number of carbonyl (C=O) groups excluding carboxylic acids is 1. The van der Waals surface area contributed by atoms with Gasteiger partial charge in [0.25, 0.3) is 5.91 Å². The maximum atomic E-state index is 12.6. The van der Waals surface area contributed by atoms with Gasteiger partial charge in [-0.25, -0.2) is 0 Å². The summed E-state index contributed by atoms with van der Waals surface area (Å²) >= 11 is 0. The second kappa shape index (κ2) is 6.44. The lowest BCUT2D eigenvalue weighted by Crippen LogP contribution is -2.46. The van der Waals surface area contributed by atoms with E-state index in [1.807, 2.05) is 0 Å². The number of allylic oxidation sites excluding steroid dienone is 2. The van der Waals surface area contributed by atoms with E-state index in [0.717, 1.165) is 12.1 Å². The Balaban J connectivity index is 0.00000242. The molecule has 1 amide bonds. The molecule has 0 bridgehead atoms. The minimum Gasteiger partial charge on any atom is -0.402 e. The number of carbonyl (C=O) groups is 1. The van der Waals surface area contributed by atoms with Crippen LogP contribution >= 0.6 is 12.4 Å². The summed E-state index contributed by atoms with van der Waals surface area (Å²) in [6.07, 6.45) is 1.13. The van der Waals surface area contributed by atoms with Crippen LogP contribution in [0.4, 0.5) is 13.2 Å². The van der Waals surface area contributed by atoms with Crippen molar-refractivity contribution < 1.29 is 18.0 Å². The summed E-state index contributed by atoms with van der Waals surface area (Å²) in [6.45, 7) is 1.76. The van der Waals surface area contributed by atoms with Crippen molar-refractivity contribution in [3.05, 3.63) is 59.3 Å². The van der Waals surface area contributed by atoms with Crippen molar-refractivity contribution in [2.24, 2.45) is 5.73 Å². The molecule has 1 aromatic carbocycles. The number of hydrogen-bond donors (Lipinski definition) is 2. The number of amides is 1. The van der Waals surface area contributed by atoms with Crippen LogP contribution in [-0.2, 0) is 6.18 Å². The van der Waals surface area contributed by atoms with Crippen LogP contribution in [-0.4, -0.2) is 11.4 Å². The molecular formula is C15H16ClF3N2O. The van der Waals surface area contributed by atoms with Crippen molar-refractivity contribution in [2.75, 3.05) is 0 Å². The van der Waals surface area contributed by atoms with E-state index >= 15 is 0 Å². The Morgan fingerprint density at radius 2 is 2.05 bits per heavy atom. The quantitative estimate of drug-likeness (QED) is 0.872. The third-order valence-corrected chi connectivity index (χ3v) is 3.20. The van der Waals surface area contributed by atoms with E-state index in [1.165, 1.54) is 12.1 Å². The molecule has 0 fully saturated rings. The SMILES string of the molecule is CC1(NC(=O)c2cccc(C(F)(F)F)c2)C=CC=C(N)C1.Cl. The number of hydrogen-bond acceptors (Lipinski definition) is 2. The first-order valence-electron chi connectivity index (χ1n) is 6.33. The molecule has 22 heavy (non-hydrogen) atoms. The number of alkyl halides is 3. The highest BCUT2D eigenvalue weighted by Crippen LogP contribution is 2.29. The average molecular weight is 333 g/mol. The minimum atomic E-state index is -4.47. The molecule has 0 radical (unpaired) electrons. The second-order valence-corrected chi connectivity index (χ2v) is 5.23. The smallest absolute Gasteiger partial charge is 0.402 e. The third kappa shape index (κ3) is 4.27. The van der Waals surface area contributed by atoms with Gasteiger partial charge in [0.05, 0.1) is 11.1 Å². The molecule has 3 N–H and O–H groups in total. The fourth-order valence-corrected chi connectivity index (χ4v) is 2.18. The lowest BCUT2D eigenvalue weighted by Gasteiger charge is -2.29. The van der Waals surface area contributed by atoms with Crippen LogP contribution in [0.15, 0.2) is 48.2 Å². The van der Waals surface area contributed by atoms with Crippen LogP contribution in [0.3, 0.4) is 0 Å². The zero-order chi connectivity index (χ0) is 15.7. The summed E-state index contributed by atoms with van der Waals surface area (Å²) in [7, 11) is 0. The van der Waals surface area contributed by atoms with Crippen LogP contribution in [0.5, 0.6) is 0 Å². The van der Waals surface area contributed by atoms with Gasteiger partial charge in [-0.1, -0.05) is 18.2 Å². The fraction of sp³-hybridized carbons (Fsp3) is 0.267. The fourth-order valence-electron chi connectivity index (χ4n) is 2.18. The van der Waals surface area contributed by atoms with Gasteiger partial charge in [0.1, 0.15) is 0 Å². The van der Waals surface area contributed by atoms with Gasteiger partial charge in [-0.05, 0) is 31.2 Å². The Kier molecular flexibility index (Phi) is 5.30. The average Bonchev–Trinajstić information content (AvgIpc) is 2.37. The topological polar surface area (TPSA) is 55.1 Å². The molecule has 7 heteroatoms. The van der Waals surface area contributed by atoms with E-state index in [1.54, 1.807) is 25.2 Å². The predicted molar refractivity (Wildman–Crippen MR) is 80.6 cm³/mol. The maximum absolute atomic E-state index is 12.6. The monoisotopic (exact) mass is 332 g/mol. The van der Waals surface area contributed by atoms with Gasteiger partial charge in [0.2, 0.25) is 0 Å². The first-order valence-corrected chi connectivity index (χ1v) is 6.33. The van der Waals surface area contributed by atoms with Gasteiger partial charge in [0, 0.05) is 17.7 Å². The van der Waals surface area contributed by atoms with Gasteiger partial charge < -0.3 is 11.1 Å². The highest BCUT2D eigenvalue weighted by Gasteiger charge is 2.32. The van der Waals surface area contributed by atoms with Crippen LogP contribution in [0.25, 0.3) is 0 Å². The zero-order valence-electron chi connectivity index (χ0n) is 11.8. The van der Waals surface area contributed by atoms with Crippen molar-refractivity contribution in [1.82, 2.24) is 5.32 Å². The summed E-state index contributed by atoms with van der Waals surface area (Å²) in [4.78, 5) is 12.1. The Labute approximate surface area is 132 Å². The van der Waals surface area contributed by atoms with Gasteiger partial charge in [-0.3, -0.25) is 4.79 Å². The lowest BCUT2D eigenvalue weighted by atomic mass is 9.91. The molecule has 0 saturated heterocycles. The molecule has 1 aromatic rings. The Bertz CT molecular complexity index is 625. The van der Waals surface area contributed by atoms with E-state index in [-0.39, 0.29) is 18.0 Å². The van der Waals surface area contributed by atoms with E-state index < -0.39 is 23.2 Å². The first kappa shape index (κ1) is 18.1. The van der Waals surface area contributed by atoms with E-state index in [0.29, 0.717) is 12.1 Å². The second-order valence-electron chi connectivity index (χ2n) is 5.23. The van der Waals surface area contributed by atoms with Gasteiger partial charge >= 0.3 is 6.18 Å². The van der Waals surface area contributed by atoms with Crippen molar-refractivity contribution in [1.29, 1.82) is 0 Å². The van der Waals surface area contributed by atoms with E-state index in [2.05, 4.69) is 5.32 Å². The molecule has 1 aliphatic carbocycles. The lowest BCUT2D eigenvalue weighted by molar-refractivity contribution is -0.137. The van der Waals surface area contributed by atoms with Crippen molar-refractivity contribution in [3.8, 4) is 0 Å². The number of nitrogens with two attached hydrogens (primary N) is 1. The summed E-state index contributed by atoms with van der Waals surface area (Å²) in [6, 6.07) is 4.33. The third-order valence-electron chi connectivity index (χ3n) is 3.20. The van der Waals surface area contributed by atoms with Gasteiger partial charge in [0.15, 0.2) is 0 Å². The minimum absolute atomic E-state index is 0. The van der Waals surface area contributed by atoms with E-state index in [4.69, 9.17) is 5.73 Å². The van der Waals surface area contributed by atoms with Crippen molar-refractivity contribution in [3.63, 3.8) is 0 Å². The molecule has 0 aliphatic heterocycles. The van der Waals surface area contributed by atoms with Crippen LogP contribution in [0.1, 0.15) is 29.3 Å². The molecule has 0 spiro atoms. The summed E-state index contributed by atoms with van der Waals surface area (Å²) in [5, 5.41) is 2.71. The molecule has 3 nitrogen and oxygen atoms in total. The predicted octanol–water partition coefficient (Wildman–Crippen LogP) is 3.42. The molecule has 1 atom stereocenters. The largest absolute Gasteiger partial charge is 0.416 e. The number of rotatable bonds is 2. The summed E-state index contributed by atoms with van der Waals surface area (Å²) in [5.41, 5.74) is 4.73. The first-order chi connectivity index (χ1) is 9.70. The molecule has 2 rings (SSSR count). The van der Waals surface area contributed by atoms with Crippen LogP contribution in [0, 0.1) is 0 Å². The Hall–Kier alpha value is -1.95. The van der Waals surface area contributed by atoms with Gasteiger partial charge in [-0.2, -0.15) is 13.2 Å². The van der Waals surface area contributed by atoms with Crippen molar-refractivity contribution >= 4 is 18.3 Å². The number of halogens is 4. The van der Waals surface area contributed by atoms with Crippen LogP contribution in [0.2, 0.25) is 0 Å². The highest BCUT2D eigenvalue weighted by molar-refractivity contribution is 5.95. The maximum Gasteiger partial charge on any atom is 0.416 e. The molecule has 0 aromatic heterocycles. The van der Waals surface area contributed by atoms with Crippen LogP contribution < -0.4 is 11.1 Å². The highest BCUT2D eigenvalue weighted by atomic mass is 35.5. The standard InChI is InChI=1S/C15H15F3N2O.ClH/c1-14(7-3-6-12(19)9-14)20-13(21)10-4-2-5-11(8-10)15(16,17)18;/h2-8H,9,19H2,1H3,(H,20,21);1H. The molecular weight excluding hydrogens is 317 g/mol. The number of benzene rings is 1. The Morgan fingerprint density at radius 1 is 1.36 bits per heavy atom. The van der Waals surface area contributed by atoms with Gasteiger partial charge in [-0.15, -0.1) is 12.4 Å². The zero-order valence-corrected chi connectivity index (χ0v) is 12.6. The molecule has 120 valence electrons. The number of nitrogens with one attached hydrogen (secondary N) is 1. The summed E-state index contributed by atoms with van der Waals surface area (Å²) in [5.74, 6) is -0.567. The molecule has 0 saturated carbocycles.